The fourth-order valence-corrected chi connectivity index (χ4v) is 4.14. The SMILES string of the molecule is CC(C)Cn1c(SCC(=O)NCc2ccc(Cl)cc2Cl)nc2ccccc2c1=O. The molecule has 1 aromatic heterocycles. The van der Waals surface area contributed by atoms with E-state index in [1.54, 1.807) is 28.8 Å². The van der Waals surface area contributed by atoms with E-state index in [2.05, 4.69) is 10.3 Å². The quantitative estimate of drug-likeness (QED) is 0.416. The van der Waals surface area contributed by atoms with Gasteiger partial charge < -0.3 is 5.32 Å². The van der Waals surface area contributed by atoms with E-state index >= 15 is 0 Å². The number of aromatic nitrogens is 2. The lowest BCUT2D eigenvalue weighted by molar-refractivity contribution is -0.118. The summed E-state index contributed by atoms with van der Waals surface area (Å²) in [7, 11) is 0. The molecule has 0 saturated heterocycles. The second-order valence-electron chi connectivity index (χ2n) is 7.02. The van der Waals surface area contributed by atoms with Crippen LogP contribution in [-0.4, -0.2) is 21.2 Å². The number of amides is 1. The number of benzene rings is 2. The lowest BCUT2D eigenvalue weighted by atomic mass is 10.2. The van der Waals surface area contributed by atoms with Gasteiger partial charge in [0.05, 0.1) is 16.7 Å². The van der Waals surface area contributed by atoms with Crippen LogP contribution >= 0.6 is 35.0 Å². The Kier molecular flexibility index (Phi) is 7.22. The maximum atomic E-state index is 12.9. The molecule has 29 heavy (non-hydrogen) atoms. The minimum atomic E-state index is -0.167. The molecular formula is C21H21Cl2N3O2S. The summed E-state index contributed by atoms with van der Waals surface area (Å²) in [4.78, 5) is 29.8. The van der Waals surface area contributed by atoms with Crippen molar-refractivity contribution in [3.63, 3.8) is 0 Å². The molecule has 0 radical (unpaired) electrons. The lowest BCUT2D eigenvalue weighted by Crippen LogP contribution is -2.27. The molecule has 0 aliphatic heterocycles. The Morgan fingerprint density at radius 2 is 1.97 bits per heavy atom. The van der Waals surface area contributed by atoms with Gasteiger partial charge in [0, 0.05) is 23.1 Å². The van der Waals surface area contributed by atoms with E-state index in [-0.39, 0.29) is 23.1 Å². The van der Waals surface area contributed by atoms with Gasteiger partial charge >= 0.3 is 0 Å². The van der Waals surface area contributed by atoms with E-state index < -0.39 is 0 Å². The van der Waals surface area contributed by atoms with E-state index in [0.717, 1.165) is 5.56 Å². The molecule has 5 nitrogen and oxygen atoms in total. The Labute approximate surface area is 183 Å². The number of fused-ring (bicyclic) bond motifs is 1. The molecule has 0 bridgehead atoms. The van der Waals surface area contributed by atoms with E-state index in [9.17, 15) is 9.59 Å². The summed E-state index contributed by atoms with van der Waals surface area (Å²) in [6.07, 6.45) is 0. The molecule has 0 atom stereocenters. The molecule has 1 N–H and O–H groups in total. The van der Waals surface area contributed by atoms with Gasteiger partial charge in [-0.25, -0.2) is 4.98 Å². The predicted molar refractivity (Wildman–Crippen MR) is 120 cm³/mol. The molecule has 8 heteroatoms. The number of thioether (sulfide) groups is 1. The number of carbonyl (C=O) groups is 1. The highest BCUT2D eigenvalue weighted by molar-refractivity contribution is 7.99. The largest absolute Gasteiger partial charge is 0.351 e. The number of carbonyl (C=O) groups excluding carboxylic acids is 1. The third-order valence-electron chi connectivity index (χ3n) is 4.20. The van der Waals surface area contributed by atoms with Gasteiger partial charge in [-0.3, -0.25) is 14.2 Å². The summed E-state index contributed by atoms with van der Waals surface area (Å²) in [5, 5.41) is 5.02. The Morgan fingerprint density at radius 1 is 1.21 bits per heavy atom. The Morgan fingerprint density at radius 3 is 2.69 bits per heavy atom. The molecule has 152 valence electrons. The predicted octanol–water partition coefficient (Wildman–Crippen LogP) is 4.77. The minimum absolute atomic E-state index is 0.0832. The van der Waals surface area contributed by atoms with Gasteiger partial charge in [0.25, 0.3) is 5.56 Å². The number of rotatable bonds is 7. The van der Waals surface area contributed by atoms with Crippen LogP contribution in [0.5, 0.6) is 0 Å². The molecule has 3 aromatic rings. The molecule has 1 heterocycles. The average Bonchev–Trinajstić information content (AvgIpc) is 2.68. The minimum Gasteiger partial charge on any atom is -0.351 e. The highest BCUT2D eigenvalue weighted by atomic mass is 35.5. The summed E-state index contributed by atoms with van der Waals surface area (Å²) < 4.78 is 1.65. The van der Waals surface area contributed by atoms with Gasteiger partial charge in [-0.15, -0.1) is 0 Å². The zero-order valence-electron chi connectivity index (χ0n) is 16.1. The van der Waals surface area contributed by atoms with Crippen molar-refractivity contribution in [2.45, 2.75) is 32.1 Å². The van der Waals surface area contributed by atoms with Crippen LogP contribution < -0.4 is 10.9 Å². The molecule has 0 fully saturated rings. The fourth-order valence-electron chi connectivity index (χ4n) is 2.82. The molecule has 1 amide bonds. The Balaban J connectivity index is 1.73. The van der Waals surface area contributed by atoms with E-state index in [1.807, 2.05) is 32.0 Å². The van der Waals surface area contributed by atoms with Gasteiger partial charge in [0.15, 0.2) is 5.16 Å². The first-order valence-corrected chi connectivity index (χ1v) is 10.9. The van der Waals surface area contributed by atoms with E-state index in [4.69, 9.17) is 23.2 Å². The van der Waals surface area contributed by atoms with Crippen LogP contribution in [0.2, 0.25) is 10.0 Å². The summed E-state index contributed by atoms with van der Waals surface area (Å²) in [6, 6.07) is 12.4. The number of hydrogen-bond acceptors (Lipinski definition) is 4. The molecule has 0 aliphatic rings. The van der Waals surface area contributed by atoms with Gasteiger partial charge in [0.1, 0.15) is 0 Å². The van der Waals surface area contributed by atoms with Crippen LogP contribution in [0, 0.1) is 5.92 Å². The summed E-state index contributed by atoms with van der Waals surface area (Å²) in [5.74, 6) is 0.254. The lowest BCUT2D eigenvalue weighted by Gasteiger charge is -2.15. The van der Waals surface area contributed by atoms with Gasteiger partial charge in [-0.05, 0) is 35.7 Å². The van der Waals surface area contributed by atoms with Crippen molar-refractivity contribution in [2.75, 3.05) is 5.75 Å². The van der Waals surface area contributed by atoms with Crippen molar-refractivity contribution in [1.82, 2.24) is 14.9 Å². The average molecular weight is 450 g/mol. The second kappa shape index (κ2) is 9.65. The monoisotopic (exact) mass is 449 g/mol. The van der Waals surface area contributed by atoms with Gasteiger partial charge in [-0.2, -0.15) is 0 Å². The maximum absolute atomic E-state index is 12.9. The van der Waals surface area contributed by atoms with Crippen LogP contribution in [0.25, 0.3) is 10.9 Å². The number of hydrogen-bond donors (Lipinski definition) is 1. The molecule has 0 aliphatic carbocycles. The first-order chi connectivity index (χ1) is 13.8. The highest BCUT2D eigenvalue weighted by Crippen LogP contribution is 2.21. The van der Waals surface area contributed by atoms with Crippen molar-refractivity contribution < 1.29 is 4.79 Å². The summed E-state index contributed by atoms with van der Waals surface area (Å²) in [5.41, 5.74) is 1.34. The molecule has 2 aromatic carbocycles. The van der Waals surface area contributed by atoms with Crippen molar-refractivity contribution in [3.05, 3.63) is 68.4 Å². The van der Waals surface area contributed by atoms with Crippen LogP contribution in [0.3, 0.4) is 0 Å². The fraction of sp³-hybridized carbons (Fsp3) is 0.286. The summed E-state index contributed by atoms with van der Waals surface area (Å²) >= 11 is 13.3. The summed E-state index contributed by atoms with van der Waals surface area (Å²) in [6.45, 7) is 4.93. The van der Waals surface area contributed by atoms with E-state index in [0.29, 0.717) is 39.2 Å². The van der Waals surface area contributed by atoms with Gasteiger partial charge in [0.2, 0.25) is 5.91 Å². The smallest absolute Gasteiger partial charge is 0.262 e. The van der Waals surface area contributed by atoms with Crippen molar-refractivity contribution >= 4 is 51.8 Å². The Bertz CT molecular complexity index is 1100. The van der Waals surface area contributed by atoms with Crippen molar-refractivity contribution in [2.24, 2.45) is 5.92 Å². The second-order valence-corrected chi connectivity index (χ2v) is 8.81. The van der Waals surface area contributed by atoms with E-state index in [1.165, 1.54) is 11.8 Å². The first-order valence-electron chi connectivity index (χ1n) is 9.18. The van der Waals surface area contributed by atoms with Crippen LogP contribution in [0.4, 0.5) is 0 Å². The van der Waals surface area contributed by atoms with Crippen LogP contribution in [-0.2, 0) is 17.9 Å². The number of nitrogens with zero attached hydrogens (tertiary/aromatic N) is 2. The molecule has 0 unspecified atom stereocenters. The normalized spacial score (nSPS) is 11.2. The standard InChI is InChI=1S/C21H21Cl2N3O2S/c1-13(2)11-26-20(28)16-5-3-4-6-18(16)25-21(26)29-12-19(27)24-10-14-7-8-15(22)9-17(14)23/h3-9,13H,10-12H2,1-2H3,(H,24,27). The maximum Gasteiger partial charge on any atom is 0.262 e. The van der Waals surface area contributed by atoms with Crippen LogP contribution in [0.1, 0.15) is 19.4 Å². The number of para-hydroxylation sites is 1. The number of nitrogens with one attached hydrogen (secondary N) is 1. The molecule has 0 saturated carbocycles. The third-order valence-corrected chi connectivity index (χ3v) is 5.76. The topological polar surface area (TPSA) is 64.0 Å². The Hall–Kier alpha value is -2.02. The third kappa shape index (κ3) is 5.53. The van der Waals surface area contributed by atoms with Crippen molar-refractivity contribution in [3.8, 4) is 0 Å². The van der Waals surface area contributed by atoms with Crippen LogP contribution in [0.15, 0.2) is 52.4 Å². The molecule has 3 rings (SSSR count). The molecule has 0 spiro atoms. The zero-order chi connectivity index (χ0) is 21.0. The number of halogens is 2. The van der Waals surface area contributed by atoms with Gasteiger partial charge in [-0.1, -0.05) is 67.0 Å². The first kappa shape index (κ1) is 21.7. The zero-order valence-corrected chi connectivity index (χ0v) is 18.4. The highest BCUT2D eigenvalue weighted by Gasteiger charge is 2.14. The molecular weight excluding hydrogens is 429 g/mol. The van der Waals surface area contributed by atoms with Crippen molar-refractivity contribution in [1.29, 1.82) is 0 Å².